The molecule has 0 radical (unpaired) electrons. The van der Waals surface area contributed by atoms with Crippen LogP contribution in [-0.4, -0.2) is 47.8 Å². The third-order valence-corrected chi connectivity index (χ3v) is 2.70. The fourth-order valence-electron chi connectivity index (χ4n) is 1.83. The number of hydrogen-bond donors (Lipinski definition) is 2. The van der Waals surface area contributed by atoms with E-state index in [4.69, 9.17) is 0 Å². The van der Waals surface area contributed by atoms with Crippen molar-refractivity contribution < 1.29 is 0 Å². The third-order valence-electron chi connectivity index (χ3n) is 2.70. The molecule has 0 amide bonds. The maximum atomic E-state index is 3.95. The fraction of sp³-hybridized carbons (Fsp3) is 0.700. The molecule has 0 unspecified atom stereocenters. The second-order valence-corrected chi connectivity index (χ2v) is 3.80. The molecule has 4 nitrogen and oxygen atoms in total. The highest BCUT2D eigenvalue weighted by Gasteiger charge is 2.07. The summed E-state index contributed by atoms with van der Waals surface area (Å²) in [4.78, 5) is 2.52. The Balaban J connectivity index is 1.73. The van der Waals surface area contributed by atoms with Crippen LogP contribution in [0.4, 0.5) is 0 Å². The Hall–Kier alpha value is -0.870. The third kappa shape index (κ3) is 2.82. The molecule has 1 aromatic heterocycles. The first-order chi connectivity index (χ1) is 6.95. The molecule has 1 fully saturated rings. The normalized spacial score (nSPS) is 19.4. The van der Waals surface area contributed by atoms with Crippen LogP contribution < -0.4 is 5.32 Å². The van der Waals surface area contributed by atoms with Crippen LogP contribution in [0.5, 0.6) is 0 Å². The fourth-order valence-corrected chi connectivity index (χ4v) is 1.83. The van der Waals surface area contributed by atoms with Gasteiger partial charge in [0, 0.05) is 25.8 Å². The SMILES string of the molecule is c1n[nH]cc1CCN1CCCNCC1. The van der Waals surface area contributed by atoms with Gasteiger partial charge in [-0.25, -0.2) is 0 Å². The van der Waals surface area contributed by atoms with Crippen molar-refractivity contribution in [2.45, 2.75) is 12.8 Å². The van der Waals surface area contributed by atoms with Crippen molar-refractivity contribution in [3.05, 3.63) is 18.0 Å². The molecule has 2 N–H and O–H groups in total. The van der Waals surface area contributed by atoms with Crippen molar-refractivity contribution in [3.8, 4) is 0 Å². The molecule has 1 aliphatic rings. The average molecular weight is 194 g/mol. The molecule has 1 saturated heterocycles. The van der Waals surface area contributed by atoms with Crippen LogP contribution in [0.2, 0.25) is 0 Å². The lowest BCUT2D eigenvalue weighted by Gasteiger charge is -2.18. The maximum absolute atomic E-state index is 3.95. The van der Waals surface area contributed by atoms with E-state index in [1.165, 1.54) is 31.6 Å². The quantitative estimate of drug-likeness (QED) is 0.725. The van der Waals surface area contributed by atoms with Crippen LogP contribution in [-0.2, 0) is 6.42 Å². The number of aromatic amines is 1. The highest BCUT2D eigenvalue weighted by Crippen LogP contribution is 2.00. The van der Waals surface area contributed by atoms with Gasteiger partial charge >= 0.3 is 0 Å². The van der Waals surface area contributed by atoms with Gasteiger partial charge < -0.3 is 10.2 Å². The Morgan fingerprint density at radius 1 is 1.36 bits per heavy atom. The van der Waals surface area contributed by atoms with E-state index in [1.54, 1.807) is 0 Å². The highest BCUT2D eigenvalue weighted by molar-refractivity contribution is 5.02. The van der Waals surface area contributed by atoms with Gasteiger partial charge in [-0.2, -0.15) is 5.10 Å². The molecule has 2 rings (SSSR count). The van der Waals surface area contributed by atoms with E-state index in [-0.39, 0.29) is 0 Å². The lowest BCUT2D eigenvalue weighted by molar-refractivity contribution is 0.296. The standard InChI is InChI=1S/C10H18N4/c1-3-11-4-7-14(5-1)6-2-10-8-12-13-9-10/h8-9,11H,1-7H2,(H,12,13). The van der Waals surface area contributed by atoms with Crippen LogP contribution in [0.15, 0.2) is 12.4 Å². The highest BCUT2D eigenvalue weighted by atomic mass is 15.1. The lowest BCUT2D eigenvalue weighted by Crippen LogP contribution is -2.29. The Bertz CT molecular complexity index is 237. The first-order valence-electron chi connectivity index (χ1n) is 5.36. The van der Waals surface area contributed by atoms with Gasteiger partial charge in [0.15, 0.2) is 0 Å². The molecular formula is C10H18N4. The summed E-state index contributed by atoms with van der Waals surface area (Å²) in [6, 6.07) is 0. The summed E-state index contributed by atoms with van der Waals surface area (Å²) in [5.74, 6) is 0. The summed E-state index contributed by atoms with van der Waals surface area (Å²) in [6.45, 7) is 5.86. The molecule has 4 heteroatoms. The van der Waals surface area contributed by atoms with E-state index >= 15 is 0 Å². The van der Waals surface area contributed by atoms with Gasteiger partial charge in [0.25, 0.3) is 0 Å². The second kappa shape index (κ2) is 5.12. The molecule has 78 valence electrons. The Morgan fingerprint density at radius 2 is 2.36 bits per heavy atom. The minimum atomic E-state index is 1.11. The first kappa shape index (κ1) is 9.68. The number of rotatable bonds is 3. The number of nitrogens with one attached hydrogen (secondary N) is 2. The molecule has 0 aliphatic carbocycles. The summed E-state index contributed by atoms with van der Waals surface area (Å²) in [5, 5.41) is 10.2. The van der Waals surface area contributed by atoms with Crippen molar-refractivity contribution in [2.75, 3.05) is 32.7 Å². The maximum Gasteiger partial charge on any atom is 0.0519 e. The monoisotopic (exact) mass is 194 g/mol. The van der Waals surface area contributed by atoms with Crippen LogP contribution in [0.25, 0.3) is 0 Å². The minimum absolute atomic E-state index is 1.11. The van der Waals surface area contributed by atoms with E-state index in [0.717, 1.165) is 19.5 Å². The predicted molar refractivity (Wildman–Crippen MR) is 56.2 cm³/mol. The molecule has 0 saturated carbocycles. The Kier molecular flexibility index (Phi) is 3.54. The zero-order chi connectivity index (χ0) is 9.64. The van der Waals surface area contributed by atoms with Crippen LogP contribution >= 0.6 is 0 Å². The van der Waals surface area contributed by atoms with Gasteiger partial charge in [0.05, 0.1) is 6.20 Å². The van der Waals surface area contributed by atoms with Crippen molar-refractivity contribution in [1.29, 1.82) is 0 Å². The van der Waals surface area contributed by atoms with E-state index in [9.17, 15) is 0 Å². The smallest absolute Gasteiger partial charge is 0.0519 e. The molecule has 14 heavy (non-hydrogen) atoms. The summed E-state index contributed by atoms with van der Waals surface area (Å²) in [6.07, 6.45) is 6.27. The molecule has 0 atom stereocenters. The van der Waals surface area contributed by atoms with Crippen molar-refractivity contribution in [3.63, 3.8) is 0 Å². The van der Waals surface area contributed by atoms with E-state index in [1.807, 2.05) is 12.4 Å². The molecule has 0 bridgehead atoms. The largest absolute Gasteiger partial charge is 0.315 e. The van der Waals surface area contributed by atoms with Gasteiger partial charge in [-0.15, -0.1) is 0 Å². The molecule has 1 aliphatic heterocycles. The number of aromatic nitrogens is 2. The molecule has 2 heterocycles. The van der Waals surface area contributed by atoms with Crippen molar-refractivity contribution in [2.24, 2.45) is 0 Å². The summed E-state index contributed by atoms with van der Waals surface area (Å²) in [5.41, 5.74) is 1.31. The van der Waals surface area contributed by atoms with E-state index in [2.05, 4.69) is 20.4 Å². The lowest BCUT2D eigenvalue weighted by atomic mass is 10.2. The van der Waals surface area contributed by atoms with E-state index < -0.39 is 0 Å². The van der Waals surface area contributed by atoms with Gasteiger partial charge in [-0.05, 0) is 31.5 Å². The van der Waals surface area contributed by atoms with Crippen molar-refractivity contribution >= 4 is 0 Å². The summed E-state index contributed by atoms with van der Waals surface area (Å²) < 4.78 is 0. The Labute approximate surface area is 84.7 Å². The van der Waals surface area contributed by atoms with E-state index in [0.29, 0.717) is 0 Å². The number of H-pyrrole nitrogens is 1. The minimum Gasteiger partial charge on any atom is -0.315 e. The van der Waals surface area contributed by atoms with Crippen LogP contribution in [0, 0.1) is 0 Å². The van der Waals surface area contributed by atoms with Crippen LogP contribution in [0.1, 0.15) is 12.0 Å². The first-order valence-corrected chi connectivity index (χ1v) is 5.36. The topological polar surface area (TPSA) is 44.0 Å². The summed E-state index contributed by atoms with van der Waals surface area (Å²) >= 11 is 0. The van der Waals surface area contributed by atoms with Crippen LogP contribution in [0.3, 0.4) is 0 Å². The van der Waals surface area contributed by atoms with Gasteiger partial charge in [0.1, 0.15) is 0 Å². The molecule has 0 spiro atoms. The van der Waals surface area contributed by atoms with Gasteiger partial charge in [-0.3, -0.25) is 5.10 Å². The zero-order valence-electron chi connectivity index (χ0n) is 8.50. The molecular weight excluding hydrogens is 176 g/mol. The summed E-state index contributed by atoms with van der Waals surface area (Å²) in [7, 11) is 0. The second-order valence-electron chi connectivity index (χ2n) is 3.80. The van der Waals surface area contributed by atoms with Gasteiger partial charge in [0.2, 0.25) is 0 Å². The van der Waals surface area contributed by atoms with Gasteiger partial charge in [-0.1, -0.05) is 0 Å². The molecule has 1 aromatic rings. The Morgan fingerprint density at radius 3 is 3.21 bits per heavy atom. The van der Waals surface area contributed by atoms with Crippen molar-refractivity contribution in [1.82, 2.24) is 20.4 Å². The predicted octanol–water partition coefficient (Wildman–Crippen LogP) is 0.247. The average Bonchev–Trinajstić information content (AvgIpc) is 2.58. The number of hydrogen-bond acceptors (Lipinski definition) is 3. The zero-order valence-corrected chi connectivity index (χ0v) is 8.50. The molecule has 0 aromatic carbocycles. The number of nitrogens with zero attached hydrogens (tertiary/aromatic N) is 2.